The molecule has 2 aromatic heterocycles. The summed E-state index contributed by atoms with van der Waals surface area (Å²) in [6.45, 7) is 7.35. The maximum absolute atomic E-state index is 4.77. The number of nitrogens with zero attached hydrogens (tertiary/aromatic N) is 5. The van der Waals surface area contributed by atoms with Crippen molar-refractivity contribution in [2.75, 3.05) is 31.1 Å². The van der Waals surface area contributed by atoms with Crippen LogP contribution in [0.5, 0.6) is 0 Å². The summed E-state index contributed by atoms with van der Waals surface area (Å²) < 4.78 is 0. The summed E-state index contributed by atoms with van der Waals surface area (Å²) in [6, 6.07) is 2.05. The Morgan fingerprint density at radius 2 is 2.00 bits per heavy atom. The Bertz CT molecular complexity index is 659. The summed E-state index contributed by atoms with van der Waals surface area (Å²) in [5.41, 5.74) is 1.22. The van der Waals surface area contributed by atoms with Gasteiger partial charge in [-0.15, -0.1) is 11.3 Å². The van der Waals surface area contributed by atoms with E-state index in [4.69, 9.17) is 4.98 Å². The molecule has 0 atom stereocenters. The number of aromatic nitrogens is 3. The Kier molecular flexibility index (Phi) is 4.27. The summed E-state index contributed by atoms with van der Waals surface area (Å²) >= 11 is 1.78. The van der Waals surface area contributed by atoms with Crippen LogP contribution in [0.15, 0.2) is 17.6 Å². The monoisotopic (exact) mass is 329 g/mol. The fourth-order valence-electron chi connectivity index (χ4n) is 3.03. The molecule has 6 heteroatoms. The molecule has 0 N–H and O–H groups in total. The van der Waals surface area contributed by atoms with Gasteiger partial charge in [0.25, 0.3) is 0 Å². The van der Waals surface area contributed by atoms with Crippen LogP contribution in [-0.2, 0) is 13.0 Å². The topological polar surface area (TPSA) is 45.2 Å². The molecule has 2 aliphatic rings. The fraction of sp³-hybridized carbons (Fsp3) is 0.588. The van der Waals surface area contributed by atoms with Crippen molar-refractivity contribution in [3.8, 4) is 0 Å². The summed E-state index contributed by atoms with van der Waals surface area (Å²) in [5, 5.41) is 3.45. The van der Waals surface area contributed by atoms with Crippen molar-refractivity contribution < 1.29 is 0 Å². The Morgan fingerprint density at radius 1 is 1.17 bits per heavy atom. The first kappa shape index (κ1) is 15.0. The van der Waals surface area contributed by atoms with Crippen molar-refractivity contribution in [3.05, 3.63) is 34.2 Å². The standard InChI is InChI=1S/C17H23N5S/c1-2-16-19-14(12-23-16)11-21-7-9-22(10-8-21)15-5-6-18-17(20-15)13-3-4-13/h5-6,12-13H,2-4,7-11H2,1H3. The summed E-state index contributed by atoms with van der Waals surface area (Å²) in [5.74, 6) is 2.76. The van der Waals surface area contributed by atoms with Gasteiger partial charge in [0.05, 0.1) is 10.7 Å². The van der Waals surface area contributed by atoms with Crippen LogP contribution in [-0.4, -0.2) is 46.0 Å². The van der Waals surface area contributed by atoms with E-state index < -0.39 is 0 Å². The largest absolute Gasteiger partial charge is 0.354 e. The van der Waals surface area contributed by atoms with Gasteiger partial charge in [-0.1, -0.05) is 6.92 Å². The van der Waals surface area contributed by atoms with E-state index in [1.165, 1.54) is 23.5 Å². The molecular weight excluding hydrogens is 306 g/mol. The van der Waals surface area contributed by atoms with Crippen molar-refractivity contribution in [1.82, 2.24) is 19.9 Å². The van der Waals surface area contributed by atoms with E-state index >= 15 is 0 Å². The second-order valence-electron chi connectivity index (χ2n) is 6.40. The lowest BCUT2D eigenvalue weighted by atomic mass is 10.3. The van der Waals surface area contributed by atoms with E-state index in [9.17, 15) is 0 Å². The van der Waals surface area contributed by atoms with Crippen LogP contribution in [0.4, 0.5) is 5.82 Å². The molecule has 2 aromatic rings. The Morgan fingerprint density at radius 3 is 2.70 bits per heavy atom. The van der Waals surface area contributed by atoms with Crippen LogP contribution in [0, 0.1) is 0 Å². The minimum atomic E-state index is 0.619. The van der Waals surface area contributed by atoms with Gasteiger partial charge in [-0.3, -0.25) is 4.90 Å². The third-order valence-electron chi connectivity index (χ3n) is 4.59. The lowest BCUT2D eigenvalue weighted by Gasteiger charge is -2.35. The number of hydrogen-bond acceptors (Lipinski definition) is 6. The summed E-state index contributed by atoms with van der Waals surface area (Å²) in [4.78, 5) is 18.8. The maximum atomic E-state index is 4.77. The first-order valence-corrected chi connectivity index (χ1v) is 9.43. The fourth-order valence-corrected chi connectivity index (χ4v) is 3.76. The van der Waals surface area contributed by atoms with Gasteiger partial charge in [-0.25, -0.2) is 15.0 Å². The van der Waals surface area contributed by atoms with Crippen LogP contribution < -0.4 is 4.90 Å². The molecule has 1 saturated heterocycles. The highest BCUT2D eigenvalue weighted by Gasteiger charge is 2.27. The lowest BCUT2D eigenvalue weighted by molar-refractivity contribution is 0.247. The zero-order valence-electron chi connectivity index (χ0n) is 13.6. The molecule has 0 bridgehead atoms. The molecule has 0 spiro atoms. The number of aryl methyl sites for hydroxylation is 1. The van der Waals surface area contributed by atoms with Gasteiger partial charge in [-0.05, 0) is 25.3 Å². The molecule has 0 radical (unpaired) electrons. The lowest BCUT2D eigenvalue weighted by Crippen LogP contribution is -2.46. The minimum absolute atomic E-state index is 0.619. The average molecular weight is 329 g/mol. The van der Waals surface area contributed by atoms with Crippen LogP contribution >= 0.6 is 11.3 Å². The first-order chi connectivity index (χ1) is 11.3. The molecule has 0 aromatic carbocycles. The normalized spacial score (nSPS) is 19.3. The van der Waals surface area contributed by atoms with Crippen LogP contribution in [0.25, 0.3) is 0 Å². The zero-order valence-corrected chi connectivity index (χ0v) is 14.4. The molecule has 122 valence electrons. The molecule has 0 unspecified atom stereocenters. The zero-order chi connectivity index (χ0) is 15.6. The second-order valence-corrected chi connectivity index (χ2v) is 7.34. The molecule has 5 nitrogen and oxygen atoms in total. The predicted molar refractivity (Wildman–Crippen MR) is 93.0 cm³/mol. The van der Waals surface area contributed by atoms with E-state index in [2.05, 4.69) is 38.1 Å². The highest BCUT2D eigenvalue weighted by Crippen LogP contribution is 2.38. The minimum Gasteiger partial charge on any atom is -0.354 e. The van der Waals surface area contributed by atoms with Gasteiger partial charge in [0.2, 0.25) is 0 Å². The van der Waals surface area contributed by atoms with Gasteiger partial charge in [0.1, 0.15) is 11.6 Å². The van der Waals surface area contributed by atoms with Crippen molar-refractivity contribution in [2.24, 2.45) is 0 Å². The predicted octanol–water partition coefficient (Wildman–Crippen LogP) is 2.70. The molecule has 1 saturated carbocycles. The molecular formula is C17H23N5S. The Balaban J connectivity index is 1.34. The number of hydrogen-bond donors (Lipinski definition) is 0. The molecule has 3 heterocycles. The van der Waals surface area contributed by atoms with Gasteiger partial charge in [0.15, 0.2) is 0 Å². The molecule has 2 fully saturated rings. The number of piperazine rings is 1. The van der Waals surface area contributed by atoms with Crippen LogP contribution in [0.3, 0.4) is 0 Å². The van der Waals surface area contributed by atoms with E-state index in [0.29, 0.717) is 5.92 Å². The van der Waals surface area contributed by atoms with E-state index in [0.717, 1.165) is 50.8 Å². The third kappa shape index (κ3) is 3.53. The highest BCUT2D eigenvalue weighted by atomic mass is 32.1. The molecule has 1 aliphatic carbocycles. The van der Waals surface area contributed by atoms with Gasteiger partial charge >= 0.3 is 0 Å². The van der Waals surface area contributed by atoms with Gasteiger partial charge < -0.3 is 4.90 Å². The summed E-state index contributed by atoms with van der Waals surface area (Å²) in [7, 11) is 0. The van der Waals surface area contributed by atoms with Crippen molar-refractivity contribution in [3.63, 3.8) is 0 Å². The molecule has 0 amide bonds. The van der Waals surface area contributed by atoms with Crippen molar-refractivity contribution in [1.29, 1.82) is 0 Å². The second kappa shape index (κ2) is 6.53. The highest BCUT2D eigenvalue weighted by molar-refractivity contribution is 7.09. The Hall–Kier alpha value is -1.53. The van der Waals surface area contributed by atoms with Gasteiger partial charge in [0, 0.05) is 50.2 Å². The number of thiazole rings is 1. The quantitative estimate of drug-likeness (QED) is 0.844. The van der Waals surface area contributed by atoms with E-state index in [1.807, 2.05) is 6.20 Å². The van der Waals surface area contributed by atoms with Gasteiger partial charge in [-0.2, -0.15) is 0 Å². The van der Waals surface area contributed by atoms with Crippen molar-refractivity contribution in [2.45, 2.75) is 38.6 Å². The van der Waals surface area contributed by atoms with Crippen molar-refractivity contribution >= 4 is 17.2 Å². The van der Waals surface area contributed by atoms with E-state index in [-0.39, 0.29) is 0 Å². The maximum Gasteiger partial charge on any atom is 0.133 e. The SMILES string of the molecule is CCc1nc(CN2CCN(c3ccnc(C4CC4)n3)CC2)cs1. The molecule has 23 heavy (non-hydrogen) atoms. The molecule has 4 rings (SSSR count). The summed E-state index contributed by atoms with van der Waals surface area (Å²) in [6.07, 6.45) is 5.47. The Labute approximate surface area is 141 Å². The molecule has 1 aliphatic heterocycles. The van der Waals surface area contributed by atoms with Crippen LogP contribution in [0.1, 0.15) is 42.2 Å². The smallest absolute Gasteiger partial charge is 0.133 e. The number of rotatable bonds is 5. The number of anilines is 1. The van der Waals surface area contributed by atoms with E-state index in [1.54, 1.807) is 11.3 Å². The van der Waals surface area contributed by atoms with Crippen LogP contribution in [0.2, 0.25) is 0 Å². The first-order valence-electron chi connectivity index (χ1n) is 8.55. The average Bonchev–Trinajstić information content (AvgIpc) is 3.36. The third-order valence-corrected chi connectivity index (χ3v) is 5.63.